The van der Waals surface area contributed by atoms with Crippen molar-refractivity contribution >= 4 is 35.3 Å². The maximum absolute atomic E-state index is 12.8. The molecular formula is C22H24N2O4S. The summed E-state index contributed by atoms with van der Waals surface area (Å²) in [7, 11) is 4.98. The highest BCUT2D eigenvalue weighted by atomic mass is 32.2. The van der Waals surface area contributed by atoms with E-state index in [9.17, 15) is 9.59 Å². The van der Waals surface area contributed by atoms with Crippen molar-refractivity contribution in [3.63, 3.8) is 0 Å². The molecule has 1 aliphatic rings. The minimum absolute atomic E-state index is 0.101. The normalized spacial score (nSPS) is 14.7. The molecule has 3 rings (SSSR count). The van der Waals surface area contributed by atoms with Gasteiger partial charge in [-0.2, -0.15) is 0 Å². The molecule has 0 unspecified atom stereocenters. The SMILES string of the molecule is COCCCNC(=O)c1ccc2c(c1)N(C)C(=O)/C(=C/c1ccc(OC)cc1)S2. The van der Waals surface area contributed by atoms with Crippen LogP contribution in [0.25, 0.3) is 6.08 Å². The van der Waals surface area contributed by atoms with Crippen LogP contribution in [0.2, 0.25) is 0 Å². The number of carbonyl (C=O) groups excluding carboxylic acids is 2. The molecule has 1 aliphatic heterocycles. The highest BCUT2D eigenvalue weighted by Gasteiger charge is 2.27. The molecule has 0 saturated carbocycles. The molecule has 1 N–H and O–H groups in total. The molecular weight excluding hydrogens is 388 g/mol. The van der Waals surface area contributed by atoms with Gasteiger partial charge in [-0.25, -0.2) is 0 Å². The van der Waals surface area contributed by atoms with Crippen LogP contribution in [0.3, 0.4) is 0 Å². The Morgan fingerprint density at radius 2 is 1.93 bits per heavy atom. The molecule has 2 aromatic carbocycles. The lowest BCUT2D eigenvalue weighted by molar-refractivity contribution is -0.114. The number of ether oxygens (including phenoxy) is 2. The van der Waals surface area contributed by atoms with E-state index in [0.717, 1.165) is 28.3 Å². The number of thioether (sulfide) groups is 1. The molecule has 0 atom stereocenters. The van der Waals surface area contributed by atoms with E-state index < -0.39 is 0 Å². The van der Waals surface area contributed by atoms with Crippen molar-refractivity contribution in [3.8, 4) is 5.75 Å². The number of amides is 2. The molecule has 0 aromatic heterocycles. The lowest BCUT2D eigenvalue weighted by Crippen LogP contribution is -2.31. The lowest BCUT2D eigenvalue weighted by Gasteiger charge is -2.27. The lowest BCUT2D eigenvalue weighted by atomic mass is 10.1. The number of likely N-dealkylation sites (N-methyl/N-ethyl adjacent to an activating group) is 1. The van der Waals surface area contributed by atoms with Gasteiger partial charge in [0.2, 0.25) is 0 Å². The average Bonchev–Trinajstić information content (AvgIpc) is 2.75. The summed E-state index contributed by atoms with van der Waals surface area (Å²) in [5.41, 5.74) is 2.19. The van der Waals surface area contributed by atoms with E-state index in [4.69, 9.17) is 9.47 Å². The van der Waals surface area contributed by atoms with E-state index in [0.29, 0.717) is 23.6 Å². The minimum atomic E-state index is -0.158. The van der Waals surface area contributed by atoms with E-state index in [-0.39, 0.29) is 11.8 Å². The van der Waals surface area contributed by atoms with Gasteiger partial charge in [-0.3, -0.25) is 9.59 Å². The number of anilines is 1. The molecule has 2 amide bonds. The van der Waals surface area contributed by atoms with Crippen LogP contribution in [0.15, 0.2) is 52.3 Å². The monoisotopic (exact) mass is 412 g/mol. The maximum Gasteiger partial charge on any atom is 0.264 e. The van der Waals surface area contributed by atoms with Crippen LogP contribution in [0.5, 0.6) is 5.75 Å². The van der Waals surface area contributed by atoms with Gasteiger partial charge in [0.25, 0.3) is 11.8 Å². The summed E-state index contributed by atoms with van der Waals surface area (Å²) in [6.07, 6.45) is 2.61. The molecule has 0 spiro atoms. The fourth-order valence-electron chi connectivity index (χ4n) is 2.91. The molecule has 2 aromatic rings. The zero-order chi connectivity index (χ0) is 20.8. The molecule has 0 fully saturated rings. The summed E-state index contributed by atoms with van der Waals surface area (Å²) < 4.78 is 10.2. The van der Waals surface area contributed by atoms with Crippen LogP contribution in [0, 0.1) is 0 Å². The van der Waals surface area contributed by atoms with Crippen molar-refractivity contribution in [3.05, 3.63) is 58.5 Å². The van der Waals surface area contributed by atoms with Crippen molar-refractivity contribution in [1.82, 2.24) is 5.32 Å². The fraction of sp³-hybridized carbons (Fsp3) is 0.273. The maximum atomic E-state index is 12.8. The molecule has 0 aliphatic carbocycles. The second-order valence-electron chi connectivity index (χ2n) is 6.53. The Hall–Kier alpha value is -2.77. The van der Waals surface area contributed by atoms with Gasteiger partial charge in [0, 0.05) is 37.8 Å². The van der Waals surface area contributed by atoms with E-state index in [1.165, 1.54) is 11.8 Å². The zero-order valence-electron chi connectivity index (χ0n) is 16.7. The molecule has 0 saturated heterocycles. The van der Waals surface area contributed by atoms with Crippen LogP contribution in [-0.4, -0.2) is 46.2 Å². The van der Waals surface area contributed by atoms with Crippen LogP contribution in [-0.2, 0) is 9.53 Å². The van der Waals surface area contributed by atoms with Gasteiger partial charge in [0.15, 0.2) is 0 Å². The molecule has 0 radical (unpaired) electrons. The highest BCUT2D eigenvalue weighted by molar-refractivity contribution is 8.04. The second kappa shape index (κ2) is 9.62. The number of nitrogens with zero attached hydrogens (tertiary/aromatic N) is 1. The minimum Gasteiger partial charge on any atom is -0.497 e. The highest BCUT2D eigenvalue weighted by Crippen LogP contribution is 2.42. The van der Waals surface area contributed by atoms with E-state index in [2.05, 4.69) is 5.32 Å². The number of nitrogens with one attached hydrogen (secondary N) is 1. The summed E-state index contributed by atoms with van der Waals surface area (Å²) >= 11 is 1.41. The van der Waals surface area contributed by atoms with Gasteiger partial charge >= 0.3 is 0 Å². The van der Waals surface area contributed by atoms with Gasteiger partial charge in [-0.15, -0.1) is 0 Å². The summed E-state index contributed by atoms with van der Waals surface area (Å²) in [4.78, 5) is 28.3. The average molecular weight is 413 g/mol. The van der Waals surface area contributed by atoms with Crippen molar-refractivity contribution in [2.45, 2.75) is 11.3 Å². The Labute approximate surface area is 174 Å². The Kier molecular flexibility index (Phi) is 6.95. The van der Waals surface area contributed by atoms with Gasteiger partial charge in [0.1, 0.15) is 5.75 Å². The first kappa shape index (κ1) is 21.0. The third kappa shape index (κ3) is 4.99. The molecule has 7 heteroatoms. The predicted molar refractivity (Wildman–Crippen MR) is 116 cm³/mol. The quantitative estimate of drug-likeness (QED) is 0.556. The first-order chi connectivity index (χ1) is 14.0. The zero-order valence-corrected chi connectivity index (χ0v) is 17.5. The largest absolute Gasteiger partial charge is 0.497 e. The number of benzene rings is 2. The molecule has 1 heterocycles. The first-order valence-electron chi connectivity index (χ1n) is 9.26. The van der Waals surface area contributed by atoms with E-state index in [1.807, 2.05) is 36.4 Å². The third-order valence-electron chi connectivity index (χ3n) is 4.54. The number of rotatable bonds is 7. The van der Waals surface area contributed by atoms with Crippen molar-refractivity contribution in [2.75, 3.05) is 39.3 Å². The van der Waals surface area contributed by atoms with Crippen molar-refractivity contribution < 1.29 is 19.1 Å². The Balaban J connectivity index is 1.78. The summed E-state index contributed by atoms with van der Waals surface area (Å²) in [6.45, 7) is 1.14. The predicted octanol–water partition coefficient (Wildman–Crippen LogP) is 3.57. The number of hydrogen-bond acceptors (Lipinski definition) is 5. The first-order valence-corrected chi connectivity index (χ1v) is 10.1. The van der Waals surface area contributed by atoms with Crippen LogP contribution < -0.4 is 15.0 Å². The second-order valence-corrected chi connectivity index (χ2v) is 7.62. The van der Waals surface area contributed by atoms with Crippen molar-refractivity contribution in [1.29, 1.82) is 0 Å². The van der Waals surface area contributed by atoms with Crippen LogP contribution in [0.1, 0.15) is 22.3 Å². The summed E-state index contributed by atoms with van der Waals surface area (Å²) in [5, 5.41) is 2.87. The molecule has 0 bridgehead atoms. The smallest absolute Gasteiger partial charge is 0.264 e. The summed E-state index contributed by atoms with van der Waals surface area (Å²) in [5.74, 6) is 0.510. The molecule has 6 nitrogen and oxygen atoms in total. The number of fused-ring (bicyclic) bond motifs is 1. The van der Waals surface area contributed by atoms with Gasteiger partial charge in [-0.05, 0) is 48.4 Å². The van der Waals surface area contributed by atoms with Gasteiger partial charge < -0.3 is 19.7 Å². The molecule has 29 heavy (non-hydrogen) atoms. The standard InChI is InChI=1S/C22H24N2O4S/c1-24-18-14-16(21(25)23-11-4-12-27-2)7-10-19(18)29-20(22(24)26)13-15-5-8-17(28-3)9-6-15/h5-10,13-14H,4,11-12H2,1-3H3,(H,23,25)/b20-13-. The Morgan fingerprint density at radius 1 is 1.17 bits per heavy atom. The topological polar surface area (TPSA) is 67.9 Å². The Morgan fingerprint density at radius 3 is 2.62 bits per heavy atom. The summed E-state index contributed by atoms with van der Waals surface area (Å²) in [6, 6.07) is 13.0. The van der Waals surface area contributed by atoms with Crippen molar-refractivity contribution in [2.24, 2.45) is 0 Å². The fourth-order valence-corrected chi connectivity index (χ4v) is 4.00. The van der Waals surface area contributed by atoms with E-state index >= 15 is 0 Å². The number of carbonyl (C=O) groups is 2. The van der Waals surface area contributed by atoms with Crippen LogP contribution >= 0.6 is 11.8 Å². The van der Waals surface area contributed by atoms with Crippen LogP contribution in [0.4, 0.5) is 5.69 Å². The number of methoxy groups -OCH3 is 2. The number of hydrogen-bond donors (Lipinski definition) is 1. The third-order valence-corrected chi connectivity index (χ3v) is 5.62. The van der Waals surface area contributed by atoms with Gasteiger partial charge in [0.05, 0.1) is 17.7 Å². The van der Waals surface area contributed by atoms with Gasteiger partial charge in [-0.1, -0.05) is 23.9 Å². The van der Waals surface area contributed by atoms with E-state index in [1.54, 1.807) is 38.3 Å². The Bertz CT molecular complexity index is 925. The molecule has 152 valence electrons.